The lowest BCUT2D eigenvalue weighted by molar-refractivity contribution is 0.527. The van der Waals surface area contributed by atoms with Crippen molar-refractivity contribution in [2.75, 3.05) is 5.73 Å². The number of nitrogens with two attached hydrogens (primary N) is 1. The quantitative estimate of drug-likeness (QED) is 0.710. The number of hydrogen-bond acceptors (Lipinski definition) is 4. The van der Waals surface area contributed by atoms with Crippen molar-refractivity contribution in [2.24, 2.45) is 0 Å². The molecule has 0 spiro atoms. The van der Waals surface area contributed by atoms with Crippen LogP contribution in [0.15, 0.2) is 50.8 Å². The van der Waals surface area contributed by atoms with Crippen LogP contribution in [0.3, 0.4) is 0 Å². The standard InChI is InChI=1S/C15H14N2OS/c1-9-7-15(19-14-5-6-18-10(14)2)12-8-11(16)3-4-13(12)17-9/h3-8H,16H2,1-2H3. The molecule has 0 saturated heterocycles. The average Bonchev–Trinajstić information content (AvgIpc) is 2.76. The number of pyridine rings is 1. The molecule has 4 heteroatoms. The summed E-state index contributed by atoms with van der Waals surface area (Å²) in [7, 11) is 0. The molecule has 96 valence electrons. The van der Waals surface area contributed by atoms with Gasteiger partial charge in [0.25, 0.3) is 0 Å². The molecule has 3 rings (SSSR count). The van der Waals surface area contributed by atoms with E-state index < -0.39 is 0 Å². The molecule has 19 heavy (non-hydrogen) atoms. The van der Waals surface area contributed by atoms with Gasteiger partial charge in [-0.3, -0.25) is 4.98 Å². The predicted molar refractivity (Wildman–Crippen MR) is 78.5 cm³/mol. The molecule has 2 N–H and O–H groups in total. The Morgan fingerprint density at radius 3 is 2.68 bits per heavy atom. The van der Waals surface area contributed by atoms with Gasteiger partial charge in [0.15, 0.2) is 0 Å². The van der Waals surface area contributed by atoms with Gasteiger partial charge in [-0.1, -0.05) is 11.8 Å². The fourth-order valence-electron chi connectivity index (χ4n) is 2.02. The molecular weight excluding hydrogens is 256 g/mol. The van der Waals surface area contributed by atoms with E-state index >= 15 is 0 Å². The number of benzene rings is 1. The third kappa shape index (κ3) is 2.31. The summed E-state index contributed by atoms with van der Waals surface area (Å²) < 4.78 is 5.34. The average molecular weight is 270 g/mol. The third-order valence-corrected chi connectivity index (χ3v) is 4.16. The lowest BCUT2D eigenvalue weighted by atomic mass is 10.2. The topological polar surface area (TPSA) is 52.0 Å². The van der Waals surface area contributed by atoms with Crippen molar-refractivity contribution in [1.82, 2.24) is 4.98 Å². The van der Waals surface area contributed by atoms with Crippen molar-refractivity contribution in [3.63, 3.8) is 0 Å². The Hall–Kier alpha value is -1.94. The predicted octanol–water partition coefficient (Wildman–Crippen LogP) is 4.18. The Bertz CT molecular complexity index is 749. The molecule has 2 heterocycles. The maximum atomic E-state index is 5.88. The van der Waals surface area contributed by atoms with Crippen molar-refractivity contribution in [3.8, 4) is 0 Å². The number of anilines is 1. The summed E-state index contributed by atoms with van der Waals surface area (Å²) in [4.78, 5) is 6.81. The van der Waals surface area contributed by atoms with Crippen LogP contribution in [-0.2, 0) is 0 Å². The molecule has 0 aliphatic rings. The molecule has 3 aromatic rings. The van der Waals surface area contributed by atoms with Crippen molar-refractivity contribution in [2.45, 2.75) is 23.6 Å². The number of fused-ring (bicyclic) bond motifs is 1. The highest BCUT2D eigenvalue weighted by molar-refractivity contribution is 7.99. The minimum atomic E-state index is 0.754. The molecule has 0 fully saturated rings. The van der Waals surface area contributed by atoms with Crippen LogP contribution in [0.5, 0.6) is 0 Å². The number of aryl methyl sites for hydroxylation is 2. The van der Waals surface area contributed by atoms with Gasteiger partial charge in [-0.2, -0.15) is 0 Å². The first-order valence-electron chi connectivity index (χ1n) is 6.02. The number of nitrogen functional groups attached to an aromatic ring is 1. The fraction of sp³-hybridized carbons (Fsp3) is 0.133. The number of rotatable bonds is 2. The van der Waals surface area contributed by atoms with Gasteiger partial charge in [-0.05, 0) is 44.2 Å². The van der Waals surface area contributed by atoms with Crippen LogP contribution in [0, 0.1) is 13.8 Å². The molecule has 0 aliphatic heterocycles. The number of aromatic nitrogens is 1. The molecule has 3 nitrogen and oxygen atoms in total. The molecule has 0 amide bonds. The Balaban J connectivity index is 2.16. The van der Waals surface area contributed by atoms with Gasteiger partial charge in [0.05, 0.1) is 16.7 Å². The second-order valence-corrected chi connectivity index (χ2v) is 5.57. The molecule has 0 saturated carbocycles. The van der Waals surface area contributed by atoms with Crippen LogP contribution in [0.2, 0.25) is 0 Å². The summed E-state index contributed by atoms with van der Waals surface area (Å²) in [6.07, 6.45) is 1.71. The second-order valence-electron chi connectivity index (χ2n) is 4.48. The summed E-state index contributed by atoms with van der Waals surface area (Å²) in [5.74, 6) is 0.927. The van der Waals surface area contributed by atoms with E-state index in [1.165, 1.54) is 0 Å². The van der Waals surface area contributed by atoms with Crippen LogP contribution >= 0.6 is 11.8 Å². The van der Waals surface area contributed by atoms with E-state index in [0.717, 1.165) is 37.8 Å². The maximum Gasteiger partial charge on any atom is 0.114 e. The van der Waals surface area contributed by atoms with E-state index in [-0.39, 0.29) is 0 Å². The molecule has 1 aromatic carbocycles. The van der Waals surface area contributed by atoms with Crippen LogP contribution in [-0.4, -0.2) is 4.98 Å². The van der Waals surface area contributed by atoms with Crippen LogP contribution in [0.1, 0.15) is 11.5 Å². The van der Waals surface area contributed by atoms with Crippen molar-refractivity contribution in [1.29, 1.82) is 0 Å². The zero-order valence-electron chi connectivity index (χ0n) is 10.8. The number of furan rings is 1. The van der Waals surface area contributed by atoms with Crippen LogP contribution in [0.25, 0.3) is 10.9 Å². The molecular formula is C15H14N2OS. The van der Waals surface area contributed by atoms with Gasteiger partial charge >= 0.3 is 0 Å². The van der Waals surface area contributed by atoms with Crippen molar-refractivity contribution >= 4 is 28.4 Å². The minimum Gasteiger partial charge on any atom is -0.468 e. The largest absolute Gasteiger partial charge is 0.468 e. The van der Waals surface area contributed by atoms with Gasteiger partial charge in [0.1, 0.15) is 5.76 Å². The first kappa shape index (κ1) is 12.1. The molecule has 2 aromatic heterocycles. The lowest BCUT2D eigenvalue weighted by Crippen LogP contribution is -1.90. The Morgan fingerprint density at radius 1 is 1.11 bits per heavy atom. The van der Waals surface area contributed by atoms with Gasteiger partial charge in [0.2, 0.25) is 0 Å². The number of hydrogen-bond donors (Lipinski definition) is 1. The van der Waals surface area contributed by atoms with E-state index in [2.05, 4.69) is 11.1 Å². The summed E-state index contributed by atoms with van der Waals surface area (Å²) in [5.41, 5.74) is 8.60. The highest BCUT2D eigenvalue weighted by atomic mass is 32.2. The molecule has 0 unspecified atom stereocenters. The Kier molecular flexibility index (Phi) is 2.95. The van der Waals surface area contributed by atoms with Crippen LogP contribution in [0.4, 0.5) is 5.69 Å². The zero-order valence-corrected chi connectivity index (χ0v) is 11.6. The van der Waals surface area contributed by atoms with E-state index in [1.807, 2.05) is 38.1 Å². The Morgan fingerprint density at radius 2 is 1.95 bits per heavy atom. The number of nitrogens with zero attached hydrogens (tertiary/aromatic N) is 1. The summed E-state index contributed by atoms with van der Waals surface area (Å²) in [6, 6.07) is 9.88. The van der Waals surface area contributed by atoms with Gasteiger partial charge in [0, 0.05) is 21.7 Å². The second kappa shape index (κ2) is 4.63. The van der Waals surface area contributed by atoms with E-state index in [1.54, 1.807) is 18.0 Å². The van der Waals surface area contributed by atoms with Gasteiger partial charge < -0.3 is 10.2 Å². The first-order chi connectivity index (χ1) is 9.13. The van der Waals surface area contributed by atoms with E-state index in [0.29, 0.717) is 0 Å². The zero-order chi connectivity index (χ0) is 13.4. The van der Waals surface area contributed by atoms with Crippen molar-refractivity contribution in [3.05, 3.63) is 48.0 Å². The maximum absolute atomic E-state index is 5.88. The monoisotopic (exact) mass is 270 g/mol. The fourth-order valence-corrected chi connectivity index (χ4v) is 3.08. The van der Waals surface area contributed by atoms with Crippen LogP contribution < -0.4 is 5.73 Å². The first-order valence-corrected chi connectivity index (χ1v) is 6.84. The molecule has 0 bridgehead atoms. The third-order valence-electron chi connectivity index (χ3n) is 2.95. The van der Waals surface area contributed by atoms with E-state index in [9.17, 15) is 0 Å². The normalized spacial score (nSPS) is 11.1. The van der Waals surface area contributed by atoms with Gasteiger partial charge in [-0.15, -0.1) is 0 Å². The Labute approximate surface area is 115 Å². The minimum absolute atomic E-state index is 0.754. The van der Waals surface area contributed by atoms with E-state index in [4.69, 9.17) is 10.2 Å². The smallest absolute Gasteiger partial charge is 0.114 e. The van der Waals surface area contributed by atoms with Crippen molar-refractivity contribution < 1.29 is 4.42 Å². The molecule has 0 atom stereocenters. The lowest BCUT2D eigenvalue weighted by Gasteiger charge is -2.07. The highest BCUT2D eigenvalue weighted by Crippen LogP contribution is 2.36. The molecule has 0 aliphatic carbocycles. The SMILES string of the molecule is Cc1cc(Sc2ccoc2C)c2cc(N)ccc2n1. The highest BCUT2D eigenvalue weighted by Gasteiger charge is 2.09. The van der Waals surface area contributed by atoms with Gasteiger partial charge in [-0.25, -0.2) is 0 Å². The summed E-state index contributed by atoms with van der Waals surface area (Å²) >= 11 is 1.68. The molecule has 0 radical (unpaired) electrons. The summed E-state index contributed by atoms with van der Waals surface area (Å²) in [6.45, 7) is 3.97. The summed E-state index contributed by atoms with van der Waals surface area (Å²) in [5, 5.41) is 1.08.